The molecule has 2 bridgehead atoms. The smallest absolute Gasteiger partial charge is 0.224 e. The van der Waals surface area contributed by atoms with Crippen LogP contribution in [-0.2, 0) is 9.53 Å². The lowest BCUT2D eigenvalue weighted by Gasteiger charge is -2.42. The Kier molecular flexibility index (Phi) is 4.55. The monoisotopic (exact) mass is 294 g/mol. The van der Waals surface area contributed by atoms with Crippen molar-refractivity contribution in [3.8, 4) is 0 Å². The van der Waals surface area contributed by atoms with Crippen LogP contribution in [0.5, 0.6) is 0 Å². The van der Waals surface area contributed by atoms with Crippen LogP contribution in [0.15, 0.2) is 0 Å². The van der Waals surface area contributed by atoms with Gasteiger partial charge in [-0.3, -0.25) is 4.79 Å². The Bertz CT molecular complexity index is 379. The average Bonchev–Trinajstić information content (AvgIpc) is 3.01. The number of hydrogen-bond acceptors (Lipinski definition) is 3. The molecule has 0 aromatic heterocycles. The van der Waals surface area contributed by atoms with Crippen molar-refractivity contribution >= 4 is 5.91 Å². The van der Waals surface area contributed by atoms with Crippen molar-refractivity contribution in [2.75, 3.05) is 19.8 Å². The van der Waals surface area contributed by atoms with Crippen molar-refractivity contribution in [2.24, 2.45) is 28.9 Å². The number of fused-ring (bicyclic) bond motifs is 2. The van der Waals surface area contributed by atoms with Gasteiger partial charge in [0.05, 0.1) is 5.92 Å². The van der Waals surface area contributed by atoms with E-state index < -0.39 is 0 Å². The quantitative estimate of drug-likeness (QED) is 0.707. The Labute approximate surface area is 128 Å². The molecule has 4 heteroatoms. The predicted molar refractivity (Wildman–Crippen MR) is 82.7 cm³/mol. The number of carbonyl (C=O) groups excluding carboxylic acids is 1. The number of carbonyl (C=O) groups is 1. The molecule has 0 heterocycles. The molecule has 3 fully saturated rings. The summed E-state index contributed by atoms with van der Waals surface area (Å²) in [6, 6.07) is 0.101. The zero-order valence-corrected chi connectivity index (χ0v) is 13.3. The highest BCUT2D eigenvalue weighted by molar-refractivity contribution is 5.80. The molecule has 3 aliphatic rings. The maximum absolute atomic E-state index is 12.5. The Balaban J connectivity index is 1.49. The second kappa shape index (κ2) is 6.25. The van der Waals surface area contributed by atoms with Crippen LogP contribution < -0.4 is 11.1 Å². The SMILES string of the molecule is CCOCCC1(CNC(=O)C2C3CCC(C3)C2N)CCC1. The van der Waals surface area contributed by atoms with Gasteiger partial charge in [-0.1, -0.05) is 6.42 Å². The van der Waals surface area contributed by atoms with Gasteiger partial charge in [0.25, 0.3) is 0 Å². The number of ether oxygens (including phenoxy) is 1. The van der Waals surface area contributed by atoms with Gasteiger partial charge in [-0.05, 0) is 62.7 Å². The predicted octanol–water partition coefficient (Wildman–Crippen LogP) is 2.07. The second-order valence-electron chi connectivity index (χ2n) is 7.45. The lowest BCUT2D eigenvalue weighted by molar-refractivity contribution is -0.128. The minimum Gasteiger partial charge on any atom is -0.382 e. The first-order valence-corrected chi connectivity index (χ1v) is 8.76. The van der Waals surface area contributed by atoms with Gasteiger partial charge in [0, 0.05) is 25.8 Å². The molecule has 3 rings (SSSR count). The van der Waals surface area contributed by atoms with E-state index in [9.17, 15) is 4.79 Å². The zero-order chi connectivity index (χ0) is 14.9. The number of rotatable bonds is 7. The molecule has 4 nitrogen and oxygen atoms in total. The van der Waals surface area contributed by atoms with Crippen molar-refractivity contribution in [2.45, 2.75) is 57.9 Å². The minimum atomic E-state index is 0.0766. The van der Waals surface area contributed by atoms with Crippen LogP contribution in [-0.4, -0.2) is 31.7 Å². The van der Waals surface area contributed by atoms with E-state index in [4.69, 9.17) is 10.5 Å². The van der Waals surface area contributed by atoms with Crippen molar-refractivity contribution in [1.82, 2.24) is 5.32 Å². The summed E-state index contributed by atoms with van der Waals surface area (Å²) in [4.78, 5) is 12.5. The Hall–Kier alpha value is -0.610. The summed E-state index contributed by atoms with van der Waals surface area (Å²) in [6.07, 6.45) is 8.42. The van der Waals surface area contributed by atoms with Crippen molar-refractivity contribution in [3.63, 3.8) is 0 Å². The first-order valence-electron chi connectivity index (χ1n) is 8.76. The van der Waals surface area contributed by atoms with Crippen LogP contribution in [0.2, 0.25) is 0 Å². The third kappa shape index (κ3) is 2.98. The molecule has 1 amide bonds. The normalized spacial score (nSPS) is 36.5. The van der Waals surface area contributed by atoms with Crippen LogP contribution in [0.3, 0.4) is 0 Å². The summed E-state index contributed by atoms with van der Waals surface area (Å²) in [5.41, 5.74) is 6.57. The van der Waals surface area contributed by atoms with Crippen LogP contribution >= 0.6 is 0 Å². The lowest BCUT2D eigenvalue weighted by Crippen LogP contribution is -2.49. The highest BCUT2D eigenvalue weighted by atomic mass is 16.5. The fraction of sp³-hybridized carbons (Fsp3) is 0.941. The Morgan fingerprint density at radius 2 is 2.10 bits per heavy atom. The van der Waals surface area contributed by atoms with Crippen molar-refractivity contribution in [3.05, 3.63) is 0 Å². The Morgan fingerprint density at radius 1 is 1.33 bits per heavy atom. The van der Waals surface area contributed by atoms with Gasteiger partial charge in [-0.2, -0.15) is 0 Å². The third-order valence-corrected chi connectivity index (χ3v) is 6.32. The van der Waals surface area contributed by atoms with Gasteiger partial charge in [0.2, 0.25) is 5.91 Å². The van der Waals surface area contributed by atoms with Gasteiger partial charge in [0.1, 0.15) is 0 Å². The fourth-order valence-electron chi connectivity index (χ4n) is 4.74. The van der Waals surface area contributed by atoms with E-state index in [0.29, 0.717) is 17.3 Å². The van der Waals surface area contributed by atoms with E-state index >= 15 is 0 Å². The fourth-order valence-corrected chi connectivity index (χ4v) is 4.74. The van der Waals surface area contributed by atoms with Crippen molar-refractivity contribution < 1.29 is 9.53 Å². The molecule has 0 aromatic rings. The van der Waals surface area contributed by atoms with E-state index in [-0.39, 0.29) is 17.9 Å². The molecule has 3 aliphatic carbocycles. The first-order chi connectivity index (χ1) is 10.2. The molecule has 0 aromatic carbocycles. The standard InChI is InChI=1S/C17H30N2O2/c1-2-21-9-8-17(6-3-7-17)11-19-16(20)14-12-4-5-13(10-12)15(14)18/h12-15H,2-11,18H2,1H3,(H,19,20). The molecule has 3 saturated carbocycles. The maximum atomic E-state index is 12.5. The highest BCUT2D eigenvalue weighted by Crippen LogP contribution is 2.48. The van der Waals surface area contributed by atoms with Gasteiger partial charge in [-0.15, -0.1) is 0 Å². The van der Waals surface area contributed by atoms with E-state index in [1.54, 1.807) is 0 Å². The molecular weight excluding hydrogens is 264 g/mol. The highest BCUT2D eigenvalue weighted by Gasteiger charge is 2.49. The molecule has 0 aliphatic heterocycles. The van der Waals surface area contributed by atoms with Crippen LogP contribution in [0.25, 0.3) is 0 Å². The number of nitrogens with two attached hydrogens (primary N) is 1. The summed E-state index contributed by atoms with van der Waals surface area (Å²) in [5, 5.41) is 3.24. The molecule has 3 N–H and O–H groups in total. The second-order valence-corrected chi connectivity index (χ2v) is 7.45. The van der Waals surface area contributed by atoms with E-state index in [2.05, 4.69) is 5.32 Å². The van der Waals surface area contributed by atoms with E-state index in [0.717, 1.165) is 26.2 Å². The molecule has 4 atom stereocenters. The third-order valence-electron chi connectivity index (χ3n) is 6.32. The van der Waals surface area contributed by atoms with Crippen molar-refractivity contribution in [1.29, 1.82) is 0 Å². The molecule has 0 spiro atoms. The van der Waals surface area contributed by atoms with Gasteiger partial charge < -0.3 is 15.8 Å². The summed E-state index contributed by atoms with van der Waals surface area (Å²) in [5.74, 6) is 1.44. The summed E-state index contributed by atoms with van der Waals surface area (Å²) >= 11 is 0. The molecule has 0 radical (unpaired) electrons. The molecule has 0 saturated heterocycles. The van der Waals surface area contributed by atoms with E-state index in [1.165, 1.54) is 38.5 Å². The average molecular weight is 294 g/mol. The number of amides is 1. The topological polar surface area (TPSA) is 64.3 Å². The number of hydrogen-bond donors (Lipinski definition) is 2. The van der Waals surface area contributed by atoms with Gasteiger partial charge in [0.15, 0.2) is 0 Å². The maximum Gasteiger partial charge on any atom is 0.224 e. The minimum absolute atomic E-state index is 0.0766. The van der Waals surface area contributed by atoms with Gasteiger partial charge in [-0.25, -0.2) is 0 Å². The Morgan fingerprint density at radius 3 is 2.67 bits per heavy atom. The summed E-state index contributed by atoms with van der Waals surface area (Å²) in [7, 11) is 0. The van der Waals surface area contributed by atoms with Crippen LogP contribution in [0.4, 0.5) is 0 Å². The summed E-state index contributed by atoms with van der Waals surface area (Å²) < 4.78 is 5.50. The van der Waals surface area contributed by atoms with E-state index in [1.807, 2.05) is 6.92 Å². The molecule has 4 unspecified atom stereocenters. The van der Waals surface area contributed by atoms with Crippen LogP contribution in [0.1, 0.15) is 51.9 Å². The molecular formula is C17H30N2O2. The van der Waals surface area contributed by atoms with Crippen LogP contribution in [0, 0.1) is 23.2 Å². The number of nitrogens with one attached hydrogen (secondary N) is 1. The lowest BCUT2D eigenvalue weighted by atomic mass is 9.66. The molecule has 120 valence electrons. The molecule has 21 heavy (non-hydrogen) atoms. The summed E-state index contributed by atoms with van der Waals surface area (Å²) in [6.45, 7) is 4.45. The zero-order valence-electron chi connectivity index (χ0n) is 13.3. The largest absolute Gasteiger partial charge is 0.382 e. The van der Waals surface area contributed by atoms with Gasteiger partial charge >= 0.3 is 0 Å². The first kappa shape index (κ1) is 15.3.